The van der Waals surface area contributed by atoms with Crippen LogP contribution in [0.2, 0.25) is 0 Å². The maximum absolute atomic E-state index is 12.5. The third-order valence-corrected chi connectivity index (χ3v) is 5.27. The van der Waals surface area contributed by atoms with Gasteiger partial charge in [0, 0.05) is 23.5 Å². The number of anilines is 1. The van der Waals surface area contributed by atoms with Gasteiger partial charge in [-0.2, -0.15) is 0 Å². The third kappa shape index (κ3) is 4.94. The molecule has 0 unspecified atom stereocenters. The highest BCUT2D eigenvalue weighted by atomic mass is 32.2. The van der Waals surface area contributed by atoms with Gasteiger partial charge in [-0.25, -0.2) is 0 Å². The second-order valence-corrected chi connectivity index (χ2v) is 7.70. The number of rotatable bonds is 6. The Labute approximate surface area is 168 Å². The number of benzene rings is 2. The number of hydrogen-bond acceptors (Lipinski definition) is 5. The Morgan fingerprint density at radius 1 is 1.25 bits per heavy atom. The van der Waals surface area contributed by atoms with E-state index in [4.69, 9.17) is 4.74 Å². The molecule has 0 atom stereocenters. The lowest BCUT2D eigenvalue weighted by Crippen LogP contribution is -2.31. The molecule has 0 bridgehead atoms. The van der Waals surface area contributed by atoms with Crippen LogP contribution >= 0.6 is 11.8 Å². The van der Waals surface area contributed by atoms with Crippen molar-refractivity contribution in [1.29, 1.82) is 0 Å². The number of carbonyl (C=O) groups excluding carboxylic acids is 2. The number of fused-ring (bicyclic) bond motifs is 1. The van der Waals surface area contributed by atoms with E-state index in [1.807, 2.05) is 55.4 Å². The molecule has 0 aliphatic carbocycles. The Balaban J connectivity index is 1.75. The standard InChI is InChI=1S/C21H23N3O3S/c1-24(2)10-9-22-20(25)15-7-8-18-17(13-15)23-21(26)19(28-18)12-14-5-4-6-16(11-14)27-3/h4-8,11-13H,9-10H2,1-3H3,(H,22,25)(H,23,26). The van der Waals surface area contributed by atoms with Crippen molar-refractivity contribution >= 4 is 35.3 Å². The summed E-state index contributed by atoms with van der Waals surface area (Å²) in [7, 11) is 5.52. The number of carbonyl (C=O) groups is 2. The number of likely N-dealkylation sites (N-methyl/N-ethyl adjacent to an activating group) is 1. The van der Waals surface area contributed by atoms with Crippen LogP contribution in [0.3, 0.4) is 0 Å². The monoisotopic (exact) mass is 397 g/mol. The van der Waals surface area contributed by atoms with Gasteiger partial charge in [0.2, 0.25) is 0 Å². The Morgan fingerprint density at radius 2 is 2.07 bits per heavy atom. The molecular weight excluding hydrogens is 374 g/mol. The van der Waals surface area contributed by atoms with Gasteiger partial charge in [-0.3, -0.25) is 9.59 Å². The second kappa shape index (κ2) is 8.95. The summed E-state index contributed by atoms with van der Waals surface area (Å²) in [5.41, 5.74) is 2.06. The minimum Gasteiger partial charge on any atom is -0.497 e. The van der Waals surface area contributed by atoms with Crippen LogP contribution in [0.25, 0.3) is 6.08 Å². The van der Waals surface area contributed by atoms with E-state index in [2.05, 4.69) is 10.6 Å². The average Bonchev–Trinajstić information content (AvgIpc) is 2.68. The molecule has 28 heavy (non-hydrogen) atoms. The molecule has 0 fully saturated rings. The van der Waals surface area contributed by atoms with Crippen molar-refractivity contribution in [3.63, 3.8) is 0 Å². The van der Waals surface area contributed by atoms with Crippen molar-refractivity contribution in [2.24, 2.45) is 0 Å². The van der Waals surface area contributed by atoms with E-state index in [1.165, 1.54) is 11.8 Å². The number of ether oxygens (including phenoxy) is 1. The third-order valence-electron chi connectivity index (χ3n) is 4.17. The molecule has 146 valence electrons. The van der Waals surface area contributed by atoms with Crippen LogP contribution in [0.15, 0.2) is 52.3 Å². The van der Waals surface area contributed by atoms with Crippen molar-refractivity contribution in [3.05, 3.63) is 58.5 Å². The molecule has 0 spiro atoms. The molecule has 2 aromatic rings. The van der Waals surface area contributed by atoms with Crippen molar-refractivity contribution in [2.45, 2.75) is 4.90 Å². The van der Waals surface area contributed by atoms with Crippen LogP contribution in [-0.4, -0.2) is 51.0 Å². The highest BCUT2D eigenvalue weighted by Crippen LogP contribution is 2.39. The summed E-state index contributed by atoms with van der Waals surface area (Å²) in [4.78, 5) is 28.3. The molecule has 1 aliphatic rings. The highest BCUT2D eigenvalue weighted by molar-refractivity contribution is 8.04. The SMILES string of the molecule is COc1cccc(C=C2Sc3ccc(C(=O)NCCN(C)C)cc3NC2=O)c1. The number of methoxy groups -OCH3 is 1. The fraction of sp³-hybridized carbons (Fsp3) is 0.238. The molecule has 7 heteroatoms. The molecule has 1 aliphatic heterocycles. The van der Waals surface area contributed by atoms with Crippen molar-refractivity contribution in [1.82, 2.24) is 10.2 Å². The maximum atomic E-state index is 12.5. The highest BCUT2D eigenvalue weighted by Gasteiger charge is 2.22. The van der Waals surface area contributed by atoms with Gasteiger partial charge in [0.15, 0.2) is 0 Å². The van der Waals surface area contributed by atoms with E-state index in [0.29, 0.717) is 22.7 Å². The predicted octanol–water partition coefficient (Wildman–Crippen LogP) is 3.07. The van der Waals surface area contributed by atoms with Crippen molar-refractivity contribution < 1.29 is 14.3 Å². The van der Waals surface area contributed by atoms with Crippen LogP contribution in [0, 0.1) is 0 Å². The Kier molecular flexibility index (Phi) is 6.38. The second-order valence-electron chi connectivity index (χ2n) is 6.61. The Bertz CT molecular complexity index is 925. The molecule has 1 heterocycles. The van der Waals surface area contributed by atoms with Gasteiger partial charge in [0.25, 0.3) is 11.8 Å². The van der Waals surface area contributed by atoms with E-state index < -0.39 is 0 Å². The van der Waals surface area contributed by atoms with Gasteiger partial charge >= 0.3 is 0 Å². The number of amides is 2. The number of nitrogens with one attached hydrogen (secondary N) is 2. The fourth-order valence-electron chi connectivity index (χ4n) is 2.68. The summed E-state index contributed by atoms with van der Waals surface area (Å²) in [6.07, 6.45) is 1.83. The van der Waals surface area contributed by atoms with E-state index in [-0.39, 0.29) is 11.8 Å². The van der Waals surface area contributed by atoms with Crippen LogP contribution in [0.1, 0.15) is 15.9 Å². The summed E-state index contributed by atoms with van der Waals surface area (Å²) in [6.45, 7) is 1.33. The fourth-order valence-corrected chi connectivity index (χ4v) is 3.61. The quantitative estimate of drug-likeness (QED) is 0.733. The zero-order valence-electron chi connectivity index (χ0n) is 16.1. The van der Waals surface area contributed by atoms with Crippen LogP contribution in [0.5, 0.6) is 5.75 Å². The van der Waals surface area contributed by atoms with Crippen molar-refractivity contribution in [3.8, 4) is 5.75 Å². The summed E-state index contributed by atoms with van der Waals surface area (Å²) in [5.74, 6) is 0.396. The minimum atomic E-state index is -0.189. The van der Waals surface area contributed by atoms with Gasteiger partial charge in [-0.1, -0.05) is 23.9 Å². The first-order chi connectivity index (χ1) is 13.5. The Hall–Kier alpha value is -2.77. The first-order valence-electron chi connectivity index (χ1n) is 8.88. The maximum Gasteiger partial charge on any atom is 0.262 e. The van der Waals surface area contributed by atoms with Crippen LogP contribution in [-0.2, 0) is 4.79 Å². The minimum absolute atomic E-state index is 0.151. The topological polar surface area (TPSA) is 70.7 Å². The smallest absolute Gasteiger partial charge is 0.262 e. The molecule has 0 saturated carbocycles. The van der Waals surface area contributed by atoms with E-state index in [9.17, 15) is 9.59 Å². The van der Waals surface area contributed by atoms with Crippen LogP contribution in [0.4, 0.5) is 5.69 Å². The van der Waals surface area contributed by atoms with Gasteiger partial charge < -0.3 is 20.3 Å². The van der Waals surface area contributed by atoms with Gasteiger partial charge in [0.05, 0.1) is 17.7 Å². The lowest BCUT2D eigenvalue weighted by molar-refractivity contribution is -0.112. The van der Waals surface area contributed by atoms with E-state index in [1.54, 1.807) is 19.2 Å². The molecule has 0 radical (unpaired) electrons. The first-order valence-corrected chi connectivity index (χ1v) is 9.70. The summed E-state index contributed by atoms with van der Waals surface area (Å²) < 4.78 is 5.23. The number of hydrogen-bond donors (Lipinski definition) is 2. The van der Waals surface area contributed by atoms with Crippen molar-refractivity contribution in [2.75, 3.05) is 39.6 Å². The largest absolute Gasteiger partial charge is 0.497 e. The molecule has 3 rings (SSSR count). The van der Waals surface area contributed by atoms with E-state index >= 15 is 0 Å². The number of thioether (sulfide) groups is 1. The zero-order valence-corrected chi connectivity index (χ0v) is 16.9. The molecular formula is C21H23N3O3S. The Morgan fingerprint density at radius 3 is 2.82 bits per heavy atom. The van der Waals surface area contributed by atoms with Gasteiger partial charge in [0.1, 0.15) is 5.75 Å². The summed E-state index contributed by atoms with van der Waals surface area (Å²) >= 11 is 1.39. The van der Waals surface area contributed by atoms with Gasteiger partial charge in [-0.05, 0) is 56.1 Å². The molecule has 6 nitrogen and oxygen atoms in total. The molecule has 0 saturated heterocycles. The van der Waals surface area contributed by atoms with E-state index in [0.717, 1.165) is 22.8 Å². The lowest BCUT2D eigenvalue weighted by atomic mass is 10.1. The zero-order chi connectivity index (χ0) is 20.1. The molecule has 2 amide bonds. The lowest BCUT2D eigenvalue weighted by Gasteiger charge is -2.19. The summed E-state index contributed by atoms with van der Waals surface area (Å²) in [5, 5.41) is 5.76. The summed E-state index contributed by atoms with van der Waals surface area (Å²) in [6, 6.07) is 12.9. The molecule has 0 aromatic heterocycles. The van der Waals surface area contributed by atoms with Gasteiger partial charge in [-0.15, -0.1) is 0 Å². The van der Waals surface area contributed by atoms with Crippen LogP contribution < -0.4 is 15.4 Å². The molecule has 2 N–H and O–H groups in total. The first kappa shape index (κ1) is 20.0. The average molecular weight is 398 g/mol. The molecule has 2 aromatic carbocycles. The number of nitrogens with zero attached hydrogens (tertiary/aromatic N) is 1. The normalized spacial score (nSPS) is 14.6. The predicted molar refractivity (Wildman–Crippen MR) is 113 cm³/mol.